The van der Waals surface area contributed by atoms with Crippen molar-refractivity contribution in [3.63, 3.8) is 0 Å². The van der Waals surface area contributed by atoms with Crippen LogP contribution in [0.2, 0.25) is 0 Å². The molecule has 5 heteroatoms. The maximum Gasteiger partial charge on any atom is 0.0642 e. The van der Waals surface area contributed by atoms with Crippen molar-refractivity contribution in [3.8, 4) is 0 Å². The van der Waals surface area contributed by atoms with Crippen molar-refractivity contribution in [3.05, 3.63) is 47.0 Å². The van der Waals surface area contributed by atoms with E-state index in [2.05, 4.69) is 27.8 Å². The fourth-order valence-corrected chi connectivity index (χ4v) is 3.32. The number of hydrogen-bond donors (Lipinski definition) is 2. The molecule has 106 valence electrons. The molecule has 0 amide bonds. The molecule has 0 bridgehead atoms. The van der Waals surface area contributed by atoms with Crippen LogP contribution in [0.25, 0.3) is 0 Å². The number of hydrogen-bond acceptors (Lipinski definition) is 4. The highest BCUT2D eigenvalue weighted by Crippen LogP contribution is 2.39. The number of nitrogens with zero attached hydrogens (tertiary/aromatic N) is 3. The van der Waals surface area contributed by atoms with Gasteiger partial charge in [0.25, 0.3) is 0 Å². The third-order valence-electron chi connectivity index (χ3n) is 4.21. The zero-order valence-electron chi connectivity index (χ0n) is 12.0. The minimum absolute atomic E-state index is 0.0673. The van der Waals surface area contributed by atoms with E-state index in [1.807, 2.05) is 30.9 Å². The molecule has 0 saturated heterocycles. The smallest absolute Gasteiger partial charge is 0.0642 e. The topological polar surface area (TPSA) is 68.8 Å². The zero-order chi connectivity index (χ0) is 14.1. The number of aromatic nitrogens is 3. The molecule has 2 atom stereocenters. The van der Waals surface area contributed by atoms with E-state index in [4.69, 9.17) is 5.84 Å². The van der Waals surface area contributed by atoms with E-state index in [1.165, 1.54) is 23.2 Å². The number of hydrazine groups is 1. The van der Waals surface area contributed by atoms with Crippen molar-refractivity contribution in [1.82, 2.24) is 20.2 Å². The molecule has 0 saturated carbocycles. The highest BCUT2D eigenvalue weighted by molar-refractivity contribution is 5.32. The van der Waals surface area contributed by atoms with Crippen LogP contribution in [0.4, 0.5) is 0 Å². The van der Waals surface area contributed by atoms with Crippen molar-refractivity contribution in [2.45, 2.75) is 38.1 Å². The fraction of sp³-hybridized carbons (Fsp3) is 0.467. The number of aryl methyl sites for hydroxylation is 3. The molecule has 0 spiro atoms. The van der Waals surface area contributed by atoms with Crippen LogP contribution in [0.15, 0.2) is 24.5 Å². The summed E-state index contributed by atoms with van der Waals surface area (Å²) < 4.78 is 1.84. The van der Waals surface area contributed by atoms with Gasteiger partial charge in [-0.3, -0.25) is 20.9 Å². The lowest BCUT2D eigenvalue weighted by Gasteiger charge is -2.30. The van der Waals surface area contributed by atoms with E-state index in [9.17, 15) is 0 Å². The number of pyridine rings is 1. The van der Waals surface area contributed by atoms with Crippen LogP contribution in [0, 0.1) is 6.92 Å². The van der Waals surface area contributed by atoms with Crippen LogP contribution in [-0.4, -0.2) is 14.8 Å². The van der Waals surface area contributed by atoms with E-state index in [-0.39, 0.29) is 6.04 Å². The molecule has 0 radical (unpaired) electrons. The van der Waals surface area contributed by atoms with Gasteiger partial charge in [0.1, 0.15) is 0 Å². The highest BCUT2D eigenvalue weighted by Gasteiger charge is 2.31. The Morgan fingerprint density at radius 3 is 3.05 bits per heavy atom. The Morgan fingerprint density at radius 2 is 2.35 bits per heavy atom. The molecule has 2 unspecified atom stereocenters. The second-order valence-corrected chi connectivity index (χ2v) is 5.53. The summed E-state index contributed by atoms with van der Waals surface area (Å²) in [6.45, 7) is 2.03. The molecule has 2 aromatic heterocycles. The van der Waals surface area contributed by atoms with Gasteiger partial charge < -0.3 is 0 Å². The van der Waals surface area contributed by atoms with Gasteiger partial charge in [0.2, 0.25) is 0 Å². The summed E-state index contributed by atoms with van der Waals surface area (Å²) in [5.74, 6) is 6.17. The Balaban J connectivity index is 2.01. The van der Waals surface area contributed by atoms with Crippen LogP contribution in [0.3, 0.4) is 0 Å². The molecule has 3 rings (SSSR count). The largest absolute Gasteiger partial charge is 0.275 e. The van der Waals surface area contributed by atoms with Gasteiger partial charge in [-0.05, 0) is 37.8 Å². The predicted octanol–water partition coefficient (Wildman–Crippen LogP) is 1.75. The molecule has 2 aromatic rings. The first-order chi connectivity index (χ1) is 9.70. The van der Waals surface area contributed by atoms with E-state index < -0.39 is 0 Å². The first-order valence-corrected chi connectivity index (χ1v) is 7.10. The average Bonchev–Trinajstić information content (AvgIpc) is 2.79. The summed E-state index contributed by atoms with van der Waals surface area (Å²) in [7, 11) is 1.94. The molecule has 1 aliphatic rings. The lowest BCUT2D eigenvalue weighted by Crippen LogP contribution is -2.34. The summed E-state index contributed by atoms with van der Waals surface area (Å²) in [4.78, 5) is 4.61. The van der Waals surface area contributed by atoms with E-state index >= 15 is 0 Å². The summed E-state index contributed by atoms with van der Waals surface area (Å²) in [6.07, 6.45) is 7.33. The monoisotopic (exact) mass is 271 g/mol. The van der Waals surface area contributed by atoms with Crippen LogP contribution in [-0.2, 0) is 13.5 Å². The molecule has 5 nitrogen and oxygen atoms in total. The van der Waals surface area contributed by atoms with Crippen LogP contribution < -0.4 is 11.3 Å². The summed E-state index contributed by atoms with van der Waals surface area (Å²) in [5, 5.41) is 4.43. The molecular formula is C15H21N5. The Labute approximate surface area is 119 Å². The van der Waals surface area contributed by atoms with E-state index in [1.54, 1.807) is 0 Å². The third-order valence-corrected chi connectivity index (χ3v) is 4.21. The lowest BCUT2D eigenvalue weighted by molar-refractivity contribution is 0.398. The van der Waals surface area contributed by atoms with Gasteiger partial charge >= 0.3 is 0 Å². The summed E-state index contributed by atoms with van der Waals surface area (Å²) in [6, 6.07) is 4.26. The quantitative estimate of drug-likeness (QED) is 0.659. The van der Waals surface area contributed by atoms with Gasteiger partial charge in [0.05, 0.1) is 11.7 Å². The number of rotatable bonds is 3. The van der Waals surface area contributed by atoms with Crippen molar-refractivity contribution in [2.75, 3.05) is 0 Å². The van der Waals surface area contributed by atoms with E-state index in [0.29, 0.717) is 5.92 Å². The zero-order valence-corrected chi connectivity index (χ0v) is 12.0. The highest BCUT2D eigenvalue weighted by atomic mass is 15.3. The normalized spacial score (nSPS) is 19.6. The third kappa shape index (κ3) is 2.23. The van der Waals surface area contributed by atoms with Crippen LogP contribution >= 0.6 is 0 Å². The molecule has 1 aliphatic carbocycles. The summed E-state index contributed by atoms with van der Waals surface area (Å²) >= 11 is 0. The van der Waals surface area contributed by atoms with Gasteiger partial charge in [-0.1, -0.05) is 6.07 Å². The molecule has 0 fully saturated rings. The Bertz CT molecular complexity index is 604. The minimum atomic E-state index is 0.0673. The number of nitrogens with one attached hydrogen (secondary N) is 1. The van der Waals surface area contributed by atoms with Crippen LogP contribution in [0.5, 0.6) is 0 Å². The van der Waals surface area contributed by atoms with Gasteiger partial charge in [0, 0.05) is 36.6 Å². The molecule has 2 heterocycles. The van der Waals surface area contributed by atoms with Crippen molar-refractivity contribution < 1.29 is 0 Å². The number of nitrogens with two attached hydrogens (primary N) is 1. The molecular weight excluding hydrogens is 250 g/mol. The maximum atomic E-state index is 5.86. The lowest BCUT2D eigenvalue weighted by atomic mass is 9.80. The van der Waals surface area contributed by atoms with E-state index in [0.717, 1.165) is 18.5 Å². The first kappa shape index (κ1) is 13.3. The average molecular weight is 271 g/mol. The second kappa shape index (κ2) is 5.34. The molecule has 20 heavy (non-hydrogen) atoms. The first-order valence-electron chi connectivity index (χ1n) is 7.10. The van der Waals surface area contributed by atoms with Crippen LogP contribution in [0.1, 0.15) is 47.3 Å². The van der Waals surface area contributed by atoms with Crippen molar-refractivity contribution >= 4 is 0 Å². The minimum Gasteiger partial charge on any atom is -0.275 e. The number of fused-ring (bicyclic) bond motifs is 1. The Morgan fingerprint density at radius 1 is 1.50 bits per heavy atom. The standard InChI is InChI=1S/C15H21N5/c1-10-13(9-20(2)19-10)15(18-16)12-7-3-5-11-6-4-8-17-14(11)12/h4,6,8-9,12,15,18H,3,5,7,16H2,1-2H3. The van der Waals surface area contributed by atoms with Gasteiger partial charge in [0.15, 0.2) is 0 Å². The SMILES string of the molecule is Cc1nn(C)cc1C(NN)C1CCCc2cccnc21. The molecule has 3 N–H and O–H groups in total. The fourth-order valence-electron chi connectivity index (χ4n) is 3.32. The summed E-state index contributed by atoms with van der Waals surface area (Å²) in [5.41, 5.74) is 7.72. The van der Waals surface area contributed by atoms with Gasteiger partial charge in [-0.25, -0.2) is 0 Å². The second-order valence-electron chi connectivity index (χ2n) is 5.53. The molecule has 0 aromatic carbocycles. The van der Waals surface area contributed by atoms with Gasteiger partial charge in [-0.2, -0.15) is 5.10 Å². The van der Waals surface area contributed by atoms with Crippen molar-refractivity contribution in [2.24, 2.45) is 12.9 Å². The Hall–Kier alpha value is -1.72. The molecule has 0 aliphatic heterocycles. The van der Waals surface area contributed by atoms with Gasteiger partial charge in [-0.15, -0.1) is 0 Å². The Kier molecular flexibility index (Phi) is 3.54. The van der Waals surface area contributed by atoms with Crippen molar-refractivity contribution in [1.29, 1.82) is 0 Å². The predicted molar refractivity (Wildman–Crippen MR) is 77.9 cm³/mol. The maximum absolute atomic E-state index is 5.86.